The van der Waals surface area contributed by atoms with Crippen molar-refractivity contribution in [2.75, 3.05) is 26.1 Å². The number of fused-ring (bicyclic) bond motifs is 1. The molecule has 0 fully saturated rings. The minimum absolute atomic E-state index is 0.0621. The quantitative estimate of drug-likeness (QED) is 0.707. The van der Waals surface area contributed by atoms with E-state index in [0.29, 0.717) is 22.7 Å². The van der Waals surface area contributed by atoms with Gasteiger partial charge in [-0.3, -0.25) is 9.59 Å². The van der Waals surface area contributed by atoms with Crippen molar-refractivity contribution < 1.29 is 32.2 Å². The number of rotatable bonds is 5. The molecule has 9 heteroatoms. The second kappa shape index (κ2) is 9.33. The number of carbonyl (C=O) groups excluding carboxylic acids is 2. The van der Waals surface area contributed by atoms with Gasteiger partial charge in [0.25, 0.3) is 0 Å². The maximum atomic E-state index is 13.4. The molecule has 3 rings (SSSR count). The van der Waals surface area contributed by atoms with E-state index in [1.54, 1.807) is 12.1 Å². The van der Waals surface area contributed by atoms with E-state index in [1.165, 1.54) is 21.1 Å². The van der Waals surface area contributed by atoms with Crippen LogP contribution in [0.15, 0.2) is 24.3 Å². The van der Waals surface area contributed by atoms with Gasteiger partial charge < -0.3 is 19.7 Å². The van der Waals surface area contributed by atoms with Crippen molar-refractivity contribution >= 4 is 17.5 Å². The third-order valence-electron chi connectivity index (χ3n) is 5.83. The van der Waals surface area contributed by atoms with Gasteiger partial charge in [-0.1, -0.05) is 12.1 Å². The van der Waals surface area contributed by atoms with Crippen LogP contribution >= 0.6 is 0 Å². The minimum atomic E-state index is -4.98. The molecule has 0 spiro atoms. The Kier molecular flexibility index (Phi) is 6.90. The number of amides is 2. The van der Waals surface area contributed by atoms with Crippen LogP contribution in [-0.2, 0) is 22.4 Å². The zero-order chi connectivity index (χ0) is 24.5. The maximum absolute atomic E-state index is 13.4. The summed E-state index contributed by atoms with van der Waals surface area (Å²) in [6, 6.07) is 6.22. The summed E-state index contributed by atoms with van der Waals surface area (Å²) < 4.78 is 50.9. The topological polar surface area (TPSA) is 67.9 Å². The first-order chi connectivity index (χ1) is 15.5. The van der Waals surface area contributed by atoms with E-state index in [9.17, 15) is 22.8 Å². The van der Waals surface area contributed by atoms with E-state index in [4.69, 9.17) is 9.47 Å². The Hall–Kier alpha value is -3.23. The van der Waals surface area contributed by atoms with E-state index in [2.05, 4.69) is 5.32 Å². The Morgan fingerprint density at radius 2 is 1.64 bits per heavy atom. The average molecular weight is 464 g/mol. The number of ether oxygens (including phenoxy) is 2. The Bertz CT molecular complexity index is 1060. The Balaban J connectivity index is 2.09. The van der Waals surface area contributed by atoms with Gasteiger partial charge in [0.05, 0.1) is 20.3 Å². The van der Waals surface area contributed by atoms with Gasteiger partial charge in [0, 0.05) is 19.2 Å². The third kappa shape index (κ3) is 5.07. The molecular formula is C24H27F3N2O4. The lowest BCUT2D eigenvalue weighted by Crippen LogP contribution is -2.47. The number of alkyl halides is 3. The molecule has 0 radical (unpaired) electrons. The van der Waals surface area contributed by atoms with Crippen LogP contribution in [0.5, 0.6) is 11.5 Å². The van der Waals surface area contributed by atoms with Gasteiger partial charge in [-0.2, -0.15) is 13.2 Å². The van der Waals surface area contributed by atoms with Crippen molar-refractivity contribution in [3.63, 3.8) is 0 Å². The van der Waals surface area contributed by atoms with Gasteiger partial charge in [-0.15, -0.1) is 0 Å². The molecule has 1 aliphatic heterocycles. The Morgan fingerprint density at radius 3 is 2.15 bits per heavy atom. The summed E-state index contributed by atoms with van der Waals surface area (Å²) in [5.41, 5.74) is 4.41. The summed E-state index contributed by atoms with van der Waals surface area (Å²) >= 11 is 0. The number of hydrogen-bond donors (Lipinski definition) is 1. The molecular weight excluding hydrogens is 437 g/mol. The number of halogens is 3. The molecule has 0 aliphatic carbocycles. The van der Waals surface area contributed by atoms with Crippen LogP contribution in [0.2, 0.25) is 0 Å². The van der Waals surface area contributed by atoms with E-state index < -0.39 is 18.1 Å². The zero-order valence-electron chi connectivity index (χ0n) is 19.2. The fourth-order valence-corrected chi connectivity index (χ4v) is 4.42. The Morgan fingerprint density at radius 1 is 1.06 bits per heavy atom. The highest BCUT2D eigenvalue weighted by Gasteiger charge is 2.46. The van der Waals surface area contributed by atoms with Crippen molar-refractivity contribution in [1.29, 1.82) is 0 Å². The van der Waals surface area contributed by atoms with Gasteiger partial charge in [0.2, 0.25) is 5.91 Å². The van der Waals surface area contributed by atoms with Gasteiger partial charge in [-0.05, 0) is 66.6 Å². The number of methoxy groups -OCH3 is 2. The highest BCUT2D eigenvalue weighted by Crippen LogP contribution is 2.41. The zero-order valence-corrected chi connectivity index (χ0v) is 19.2. The van der Waals surface area contributed by atoms with E-state index >= 15 is 0 Å². The molecule has 1 N–H and O–H groups in total. The van der Waals surface area contributed by atoms with E-state index in [0.717, 1.165) is 27.2 Å². The molecule has 1 atom stereocenters. The maximum Gasteiger partial charge on any atom is 0.471 e. The lowest BCUT2D eigenvalue weighted by Gasteiger charge is -2.38. The first kappa shape index (κ1) is 24.4. The van der Waals surface area contributed by atoms with E-state index in [-0.39, 0.29) is 25.3 Å². The molecule has 33 heavy (non-hydrogen) atoms. The van der Waals surface area contributed by atoms with Gasteiger partial charge in [0.15, 0.2) is 11.5 Å². The Labute approximate surface area is 190 Å². The molecule has 2 aromatic rings. The summed E-state index contributed by atoms with van der Waals surface area (Å²) in [5.74, 6) is -1.21. The molecule has 2 amide bonds. The van der Waals surface area contributed by atoms with Gasteiger partial charge in [-0.25, -0.2) is 0 Å². The standard InChI is InChI=1S/C24H27F3N2O4/c1-13-8-16(9-14(2)22(13)28-15(3)30)10-19-18-12-21(33-5)20(32-4)11-17(18)6-7-29(19)23(31)24(25,26)27/h8-9,11-12,19H,6-7,10H2,1-5H3,(H,28,30). The summed E-state index contributed by atoms with van der Waals surface area (Å²) in [6.45, 7) is 4.99. The molecule has 1 aliphatic rings. The first-order valence-corrected chi connectivity index (χ1v) is 10.5. The number of aryl methyl sites for hydroxylation is 2. The second-order valence-corrected chi connectivity index (χ2v) is 8.16. The molecule has 1 unspecified atom stereocenters. The SMILES string of the molecule is COc1cc2c(cc1OC)C(Cc1cc(C)c(NC(C)=O)c(C)c1)N(C(=O)C(F)(F)F)CC2. The predicted octanol–water partition coefficient (Wildman–Crippen LogP) is 4.51. The number of benzene rings is 2. The van der Waals surface area contributed by atoms with Crippen molar-refractivity contribution in [3.05, 3.63) is 52.1 Å². The first-order valence-electron chi connectivity index (χ1n) is 10.5. The lowest BCUT2D eigenvalue weighted by atomic mass is 9.87. The van der Waals surface area contributed by atoms with Crippen LogP contribution in [0, 0.1) is 13.8 Å². The largest absolute Gasteiger partial charge is 0.493 e. The van der Waals surface area contributed by atoms with E-state index in [1.807, 2.05) is 26.0 Å². The molecule has 0 aromatic heterocycles. The fourth-order valence-electron chi connectivity index (χ4n) is 4.42. The summed E-state index contributed by atoms with van der Waals surface area (Å²) in [4.78, 5) is 24.7. The molecule has 1 heterocycles. The van der Waals surface area contributed by atoms with Gasteiger partial charge >= 0.3 is 12.1 Å². The lowest BCUT2D eigenvalue weighted by molar-refractivity contribution is -0.188. The third-order valence-corrected chi connectivity index (χ3v) is 5.83. The smallest absolute Gasteiger partial charge is 0.471 e. The monoisotopic (exact) mass is 464 g/mol. The number of nitrogens with zero attached hydrogens (tertiary/aromatic N) is 1. The average Bonchev–Trinajstić information content (AvgIpc) is 2.74. The number of carbonyl (C=O) groups is 2. The highest BCUT2D eigenvalue weighted by atomic mass is 19.4. The van der Waals surface area contributed by atoms with Crippen LogP contribution in [0.25, 0.3) is 0 Å². The van der Waals surface area contributed by atoms with Crippen molar-refractivity contribution in [3.8, 4) is 11.5 Å². The highest BCUT2D eigenvalue weighted by molar-refractivity contribution is 5.90. The number of anilines is 1. The summed E-state index contributed by atoms with van der Waals surface area (Å²) in [5, 5.41) is 2.78. The van der Waals surface area contributed by atoms with Crippen LogP contribution in [-0.4, -0.2) is 43.7 Å². The van der Waals surface area contributed by atoms with Crippen LogP contribution in [0.3, 0.4) is 0 Å². The van der Waals surface area contributed by atoms with Crippen molar-refractivity contribution in [1.82, 2.24) is 4.90 Å². The molecule has 0 saturated heterocycles. The van der Waals surface area contributed by atoms with Crippen LogP contribution in [0.1, 0.15) is 40.8 Å². The predicted molar refractivity (Wildman–Crippen MR) is 118 cm³/mol. The molecule has 0 bridgehead atoms. The molecule has 6 nitrogen and oxygen atoms in total. The van der Waals surface area contributed by atoms with Crippen molar-refractivity contribution in [2.45, 2.75) is 45.8 Å². The number of hydrogen-bond acceptors (Lipinski definition) is 4. The fraction of sp³-hybridized carbons (Fsp3) is 0.417. The molecule has 0 saturated carbocycles. The minimum Gasteiger partial charge on any atom is -0.493 e. The summed E-state index contributed by atoms with van der Waals surface area (Å²) in [6.07, 6.45) is -4.53. The number of nitrogens with one attached hydrogen (secondary N) is 1. The molecule has 2 aromatic carbocycles. The van der Waals surface area contributed by atoms with Crippen molar-refractivity contribution in [2.24, 2.45) is 0 Å². The van der Waals surface area contributed by atoms with Crippen LogP contribution in [0.4, 0.5) is 18.9 Å². The van der Waals surface area contributed by atoms with Crippen LogP contribution < -0.4 is 14.8 Å². The summed E-state index contributed by atoms with van der Waals surface area (Å²) in [7, 11) is 2.94. The second-order valence-electron chi connectivity index (χ2n) is 8.16. The van der Waals surface area contributed by atoms with Gasteiger partial charge in [0.1, 0.15) is 0 Å². The molecule has 178 valence electrons. The normalized spacial score (nSPS) is 15.6.